The van der Waals surface area contributed by atoms with Crippen LogP contribution in [0.15, 0.2) is 0 Å². The molecule has 0 aliphatic rings. The maximum absolute atomic E-state index is 8.59. The van der Waals surface area contributed by atoms with Gasteiger partial charge in [0.15, 0.2) is 0 Å². The van der Waals surface area contributed by atoms with Gasteiger partial charge in [-0.2, -0.15) is 0 Å². The van der Waals surface area contributed by atoms with Crippen molar-refractivity contribution >= 4 is 0 Å². The molecule has 0 aromatic heterocycles. The molecule has 0 atom stereocenters. The van der Waals surface area contributed by atoms with Crippen LogP contribution in [-0.4, -0.2) is 157 Å². The zero-order valence-corrected chi connectivity index (χ0v) is 32.1. The lowest BCUT2D eigenvalue weighted by Gasteiger charge is -2.09. The lowest BCUT2D eigenvalue weighted by atomic mass is 10.0. The van der Waals surface area contributed by atoms with Crippen LogP contribution < -0.4 is 0 Å². The highest BCUT2D eigenvalue weighted by atomic mass is 16.6. The number of hydrogen-bond donors (Lipinski definition) is 1. The molecule has 0 aliphatic heterocycles. The lowest BCUT2D eigenvalue weighted by Crippen LogP contribution is -2.15. The van der Waals surface area contributed by atoms with Gasteiger partial charge in [-0.05, 0) is 6.42 Å². The summed E-state index contributed by atoms with van der Waals surface area (Å²) in [4.78, 5) is 0. The van der Waals surface area contributed by atoms with Crippen LogP contribution in [0, 0.1) is 0 Å². The molecule has 0 heterocycles. The maximum atomic E-state index is 8.59. The molecule has 12 nitrogen and oxygen atoms in total. The summed E-state index contributed by atoms with van der Waals surface area (Å²) < 4.78 is 60.1. The quantitative estimate of drug-likeness (QED) is 0.0782. The van der Waals surface area contributed by atoms with Crippen molar-refractivity contribution < 1.29 is 57.2 Å². The van der Waals surface area contributed by atoms with Crippen molar-refractivity contribution in [3.63, 3.8) is 0 Å². The summed E-state index contributed by atoms with van der Waals surface area (Å²) in [6.07, 6.45) is 19.2. The second-order valence-corrected chi connectivity index (χ2v) is 12.1. The van der Waals surface area contributed by atoms with Crippen molar-refractivity contribution in [2.45, 2.75) is 96.8 Å². The minimum Gasteiger partial charge on any atom is -0.394 e. The van der Waals surface area contributed by atoms with E-state index in [4.69, 9.17) is 57.2 Å². The van der Waals surface area contributed by atoms with Crippen LogP contribution in [0.2, 0.25) is 0 Å². The van der Waals surface area contributed by atoms with Gasteiger partial charge >= 0.3 is 0 Å². The minimum absolute atomic E-state index is 0.0286. The van der Waals surface area contributed by atoms with Gasteiger partial charge in [0.2, 0.25) is 0 Å². The van der Waals surface area contributed by atoms with Gasteiger partial charge < -0.3 is 57.2 Å². The van der Waals surface area contributed by atoms with Gasteiger partial charge in [-0.1, -0.05) is 90.4 Å². The largest absolute Gasteiger partial charge is 0.394 e. The number of aliphatic hydroxyl groups is 1. The third-order valence-electron chi connectivity index (χ3n) is 7.60. The molecule has 302 valence electrons. The van der Waals surface area contributed by atoms with Crippen molar-refractivity contribution in [1.29, 1.82) is 0 Å². The van der Waals surface area contributed by atoms with Crippen molar-refractivity contribution in [2.75, 3.05) is 152 Å². The van der Waals surface area contributed by atoms with E-state index in [-0.39, 0.29) is 6.61 Å². The average Bonchev–Trinajstić information content (AvgIpc) is 3.13. The molecule has 0 aromatic rings. The second kappa shape index (κ2) is 48.5. The van der Waals surface area contributed by atoms with Gasteiger partial charge in [0.1, 0.15) is 0 Å². The minimum atomic E-state index is 0.0286. The Hall–Kier alpha value is -0.480. The third kappa shape index (κ3) is 47.5. The van der Waals surface area contributed by atoms with E-state index in [1.807, 2.05) is 0 Å². The molecule has 1 N–H and O–H groups in total. The first-order valence-corrected chi connectivity index (χ1v) is 19.9. The Morgan fingerprint density at radius 3 is 0.620 bits per heavy atom. The van der Waals surface area contributed by atoms with E-state index in [1.165, 1.54) is 83.5 Å². The van der Waals surface area contributed by atoms with Gasteiger partial charge in [0, 0.05) is 6.61 Å². The van der Waals surface area contributed by atoms with Crippen molar-refractivity contribution in [3.8, 4) is 0 Å². The van der Waals surface area contributed by atoms with E-state index >= 15 is 0 Å². The van der Waals surface area contributed by atoms with E-state index in [2.05, 4.69) is 6.92 Å². The first-order chi connectivity index (χ1) is 24.9. The normalized spacial score (nSPS) is 11.6. The molecule has 0 bridgehead atoms. The molecule has 0 saturated heterocycles. The predicted molar refractivity (Wildman–Crippen MR) is 196 cm³/mol. The molecule has 12 heteroatoms. The van der Waals surface area contributed by atoms with Crippen molar-refractivity contribution in [3.05, 3.63) is 0 Å². The van der Waals surface area contributed by atoms with Crippen molar-refractivity contribution in [2.24, 2.45) is 0 Å². The molecule has 50 heavy (non-hydrogen) atoms. The fourth-order valence-corrected chi connectivity index (χ4v) is 4.76. The maximum Gasteiger partial charge on any atom is 0.0701 e. The van der Waals surface area contributed by atoms with Crippen LogP contribution in [0.5, 0.6) is 0 Å². The lowest BCUT2D eigenvalue weighted by molar-refractivity contribution is -0.0278. The van der Waals surface area contributed by atoms with Gasteiger partial charge in [0.05, 0.1) is 145 Å². The van der Waals surface area contributed by atoms with Gasteiger partial charge in [-0.25, -0.2) is 0 Å². The molecule has 0 aromatic carbocycles. The number of hydrogen-bond acceptors (Lipinski definition) is 12. The Morgan fingerprint density at radius 2 is 0.400 bits per heavy atom. The molecule has 0 spiro atoms. The van der Waals surface area contributed by atoms with Crippen LogP contribution in [0.3, 0.4) is 0 Å². The fraction of sp³-hybridized carbons (Fsp3) is 1.00. The molecule has 0 radical (unpaired) electrons. The predicted octanol–water partition coefficient (Wildman–Crippen LogP) is 5.64. The average molecular weight is 727 g/mol. The van der Waals surface area contributed by atoms with Crippen LogP contribution in [0.25, 0.3) is 0 Å². The van der Waals surface area contributed by atoms with Crippen LogP contribution in [-0.2, 0) is 52.1 Å². The van der Waals surface area contributed by atoms with Gasteiger partial charge in [-0.3, -0.25) is 0 Å². The van der Waals surface area contributed by atoms with Crippen molar-refractivity contribution in [1.82, 2.24) is 0 Å². The molecular weight excluding hydrogens is 648 g/mol. The summed E-state index contributed by atoms with van der Waals surface area (Å²) in [5.74, 6) is 0. The summed E-state index contributed by atoms with van der Waals surface area (Å²) >= 11 is 0. The topological polar surface area (TPSA) is 122 Å². The Kier molecular flexibility index (Phi) is 48.1. The molecule has 0 amide bonds. The van der Waals surface area contributed by atoms with Gasteiger partial charge in [0.25, 0.3) is 0 Å². The number of ether oxygens (including phenoxy) is 11. The number of rotatable bonds is 47. The Balaban J connectivity index is 3.04. The van der Waals surface area contributed by atoms with Crippen LogP contribution in [0.1, 0.15) is 96.8 Å². The van der Waals surface area contributed by atoms with E-state index in [0.717, 1.165) is 13.0 Å². The highest BCUT2D eigenvalue weighted by Gasteiger charge is 1.98. The van der Waals surface area contributed by atoms with Gasteiger partial charge in [-0.15, -0.1) is 0 Å². The summed E-state index contributed by atoms with van der Waals surface area (Å²) in [6.45, 7) is 14.1. The SMILES string of the molecule is CCCCCCCCCCCCCCCCOCCOCCOCCOCCOCCOCCOCCOCCOCCOCCOCCO. The van der Waals surface area contributed by atoms with E-state index in [1.54, 1.807) is 0 Å². The zero-order chi connectivity index (χ0) is 35.9. The molecule has 0 fully saturated rings. The summed E-state index contributed by atoms with van der Waals surface area (Å²) in [5.41, 5.74) is 0. The van der Waals surface area contributed by atoms with E-state index < -0.39 is 0 Å². The fourth-order valence-electron chi connectivity index (χ4n) is 4.76. The molecule has 0 saturated carbocycles. The summed E-state index contributed by atoms with van der Waals surface area (Å²) in [5, 5.41) is 8.59. The zero-order valence-electron chi connectivity index (χ0n) is 32.1. The molecule has 0 unspecified atom stereocenters. The molecule has 0 rings (SSSR count). The van der Waals surface area contributed by atoms with Crippen LogP contribution >= 0.6 is 0 Å². The first kappa shape index (κ1) is 49.5. The first-order valence-electron chi connectivity index (χ1n) is 19.9. The Bertz CT molecular complexity index is 528. The second-order valence-electron chi connectivity index (χ2n) is 12.1. The third-order valence-corrected chi connectivity index (χ3v) is 7.60. The number of aliphatic hydroxyl groups excluding tert-OH is 1. The summed E-state index contributed by atoms with van der Waals surface area (Å²) in [7, 11) is 0. The highest BCUT2D eigenvalue weighted by molar-refractivity contribution is 4.49. The Morgan fingerprint density at radius 1 is 0.220 bits per heavy atom. The monoisotopic (exact) mass is 727 g/mol. The molecule has 0 aliphatic carbocycles. The van der Waals surface area contributed by atoms with E-state index in [0.29, 0.717) is 139 Å². The van der Waals surface area contributed by atoms with E-state index in [9.17, 15) is 0 Å². The molecular formula is C38H78O12. The number of unbranched alkanes of at least 4 members (excludes halogenated alkanes) is 13. The standard InChI is InChI=1S/C38H78O12/c1-2-3-4-5-6-7-8-9-10-11-12-13-14-15-17-40-19-21-42-23-25-44-27-29-46-31-33-48-35-37-50-38-36-49-34-32-47-30-28-45-26-24-43-22-20-41-18-16-39/h39H,2-38H2,1H3. The Labute approximate surface area is 305 Å². The highest BCUT2D eigenvalue weighted by Crippen LogP contribution is 2.13. The summed E-state index contributed by atoms with van der Waals surface area (Å²) in [6, 6.07) is 0. The smallest absolute Gasteiger partial charge is 0.0701 e. The van der Waals surface area contributed by atoms with Crippen LogP contribution in [0.4, 0.5) is 0 Å².